The Morgan fingerprint density at radius 1 is 0.850 bits per heavy atom. The van der Waals surface area contributed by atoms with E-state index in [1.54, 1.807) is 14.2 Å². The Morgan fingerprint density at radius 3 is 2.13 bits per heavy atom. The molecule has 0 saturated carbocycles. The minimum Gasteiger partial charge on any atom is -0.497 e. The fourth-order valence-electron chi connectivity index (χ4n) is 8.21. The lowest BCUT2D eigenvalue weighted by molar-refractivity contribution is -0.137. The second-order valence-corrected chi connectivity index (χ2v) is 16.0. The topological polar surface area (TPSA) is 156 Å². The summed E-state index contributed by atoms with van der Waals surface area (Å²) >= 11 is 0. The largest absolute Gasteiger partial charge is 0.497 e. The molecular weight excluding hydrogens is 787 g/mol. The van der Waals surface area contributed by atoms with Crippen molar-refractivity contribution in [3.8, 4) is 17.6 Å². The molecule has 15 heteroatoms. The Labute approximate surface area is 349 Å². The van der Waals surface area contributed by atoms with Gasteiger partial charge < -0.3 is 37.5 Å². The average molecular weight is 835 g/mol. The maximum atomic E-state index is 13.5. The fourth-order valence-corrected chi connectivity index (χ4v) is 10.2. The summed E-state index contributed by atoms with van der Waals surface area (Å²) in [5, 5.41) is 9.14. The minimum absolute atomic E-state index is 0.0594. The number of methoxy groups -OCH3 is 2. The van der Waals surface area contributed by atoms with Crippen LogP contribution in [0, 0.1) is 11.3 Å². The Balaban J connectivity index is 1.21. The van der Waals surface area contributed by atoms with E-state index in [2.05, 4.69) is 27.9 Å². The van der Waals surface area contributed by atoms with E-state index in [1.807, 2.05) is 97.1 Å². The van der Waals surface area contributed by atoms with E-state index in [-0.39, 0.29) is 38.6 Å². The van der Waals surface area contributed by atoms with Crippen molar-refractivity contribution in [2.45, 2.75) is 61.5 Å². The van der Waals surface area contributed by atoms with Crippen molar-refractivity contribution in [2.75, 3.05) is 40.8 Å². The quantitative estimate of drug-likeness (QED) is 0.0466. The first-order chi connectivity index (χ1) is 29.4. The Bertz CT molecular complexity index is 2280. The summed E-state index contributed by atoms with van der Waals surface area (Å²) in [6.45, 7) is 0.641. The molecule has 7 atom stereocenters. The van der Waals surface area contributed by atoms with Gasteiger partial charge in [0.1, 0.15) is 48.3 Å². The molecule has 4 aromatic carbocycles. The molecule has 0 aliphatic carbocycles. The summed E-state index contributed by atoms with van der Waals surface area (Å²) in [7, 11) is 1.58. The van der Waals surface area contributed by atoms with Gasteiger partial charge in [-0.3, -0.25) is 14.3 Å². The van der Waals surface area contributed by atoms with E-state index in [0.29, 0.717) is 11.5 Å². The lowest BCUT2D eigenvalue weighted by atomic mass is 9.80. The van der Waals surface area contributed by atoms with Gasteiger partial charge in [-0.05, 0) is 59.4 Å². The number of nitrogens with zero attached hydrogens (tertiary/aromatic N) is 3. The predicted octanol–water partition coefficient (Wildman–Crippen LogP) is 6.58. The van der Waals surface area contributed by atoms with E-state index in [9.17, 15) is 9.59 Å². The van der Waals surface area contributed by atoms with Gasteiger partial charge in [0.15, 0.2) is 6.23 Å². The monoisotopic (exact) mass is 834 g/mol. The number of nitrogens with one attached hydrogen (secondary N) is 1. The number of aromatic amines is 1. The van der Waals surface area contributed by atoms with Gasteiger partial charge >= 0.3 is 5.69 Å². The lowest BCUT2D eigenvalue weighted by Crippen LogP contribution is -2.42. The number of fused-ring (bicyclic) bond motifs is 1. The van der Waals surface area contributed by atoms with Crippen LogP contribution in [0.25, 0.3) is 0 Å². The molecule has 3 aliphatic heterocycles. The van der Waals surface area contributed by atoms with Crippen LogP contribution >= 0.6 is 8.53 Å². The molecule has 0 bridgehead atoms. The molecule has 60 heavy (non-hydrogen) atoms. The minimum atomic E-state index is -1.66. The van der Waals surface area contributed by atoms with Crippen LogP contribution in [0.1, 0.15) is 53.8 Å². The van der Waals surface area contributed by atoms with E-state index in [0.717, 1.165) is 41.6 Å². The normalized spacial score (nSPS) is 23.9. The highest BCUT2D eigenvalue weighted by molar-refractivity contribution is 7.45. The molecule has 1 N–H and O–H groups in total. The first kappa shape index (κ1) is 41.5. The SMILES string of the molecule is COc1ccc(C(OC[C@H]2O[C@@H](n3ccc(=O)[nH]c3=O)[C@H](OCOCCC#N)[C@@H]2O[P@]2O[C@@H](c3ccccc3)[C@H]3CCCN32)(c2ccccc2)c2ccc(OC)cc2)cc1. The first-order valence-corrected chi connectivity index (χ1v) is 21.0. The van der Waals surface area contributed by atoms with Crippen LogP contribution in [-0.4, -0.2) is 79.3 Å². The van der Waals surface area contributed by atoms with Crippen molar-refractivity contribution in [3.63, 3.8) is 0 Å². The highest BCUT2D eigenvalue weighted by Gasteiger charge is 2.54. The van der Waals surface area contributed by atoms with Crippen molar-refractivity contribution in [1.29, 1.82) is 5.26 Å². The molecular formula is C45H47N4O10P. The fraction of sp³-hybridized carbons (Fsp3) is 0.356. The Hall–Kier alpha value is -5.20. The van der Waals surface area contributed by atoms with Gasteiger partial charge in [0.25, 0.3) is 14.1 Å². The highest BCUT2D eigenvalue weighted by atomic mass is 31.2. The number of H-pyrrole nitrogens is 1. The lowest BCUT2D eigenvalue weighted by Gasteiger charge is -2.37. The van der Waals surface area contributed by atoms with Gasteiger partial charge in [-0.2, -0.15) is 5.26 Å². The molecule has 0 amide bonds. The van der Waals surface area contributed by atoms with E-state index in [1.165, 1.54) is 16.8 Å². The van der Waals surface area contributed by atoms with Gasteiger partial charge in [0.05, 0.1) is 39.9 Å². The molecule has 5 aromatic rings. The summed E-state index contributed by atoms with van der Waals surface area (Å²) in [5.41, 5.74) is 1.10. The zero-order valence-electron chi connectivity index (χ0n) is 33.3. The van der Waals surface area contributed by atoms with Crippen molar-refractivity contribution in [3.05, 3.63) is 165 Å². The van der Waals surface area contributed by atoms with E-state index >= 15 is 0 Å². The molecule has 0 unspecified atom stereocenters. The molecule has 1 aromatic heterocycles. The van der Waals surface area contributed by atoms with Gasteiger partial charge in [-0.25, -0.2) is 9.46 Å². The number of hydrogen-bond donors (Lipinski definition) is 1. The van der Waals surface area contributed by atoms with Crippen molar-refractivity contribution in [1.82, 2.24) is 14.2 Å². The predicted molar refractivity (Wildman–Crippen MR) is 221 cm³/mol. The number of ether oxygens (including phenoxy) is 6. The van der Waals surface area contributed by atoms with Crippen LogP contribution in [0.2, 0.25) is 0 Å². The Morgan fingerprint density at radius 2 is 1.50 bits per heavy atom. The second-order valence-electron chi connectivity index (χ2n) is 14.6. The molecule has 0 radical (unpaired) electrons. The van der Waals surface area contributed by atoms with Gasteiger partial charge in [0, 0.05) is 24.8 Å². The maximum absolute atomic E-state index is 13.5. The third-order valence-electron chi connectivity index (χ3n) is 11.1. The highest BCUT2D eigenvalue weighted by Crippen LogP contribution is 2.62. The molecule has 3 aliphatic rings. The summed E-state index contributed by atoms with van der Waals surface area (Å²) in [6, 6.07) is 38.9. The molecule has 8 rings (SSSR count). The molecule has 0 spiro atoms. The molecule has 312 valence electrons. The zero-order chi connectivity index (χ0) is 41.5. The molecule has 14 nitrogen and oxygen atoms in total. The maximum Gasteiger partial charge on any atom is 0.330 e. The second kappa shape index (κ2) is 19.0. The van der Waals surface area contributed by atoms with Crippen LogP contribution in [0.15, 0.2) is 131 Å². The first-order valence-electron chi connectivity index (χ1n) is 19.9. The average Bonchev–Trinajstić information content (AvgIpc) is 4.00. The number of benzene rings is 4. The summed E-state index contributed by atoms with van der Waals surface area (Å²) in [4.78, 5) is 28.1. The van der Waals surface area contributed by atoms with Gasteiger partial charge in [0.2, 0.25) is 0 Å². The van der Waals surface area contributed by atoms with Crippen LogP contribution in [-0.2, 0) is 33.6 Å². The van der Waals surface area contributed by atoms with Gasteiger partial charge in [-0.15, -0.1) is 0 Å². The summed E-state index contributed by atoms with van der Waals surface area (Å²) in [5.74, 6) is 1.37. The number of hydrogen-bond acceptors (Lipinski definition) is 12. The summed E-state index contributed by atoms with van der Waals surface area (Å²) in [6.07, 6.45) is -0.521. The molecule has 3 fully saturated rings. The van der Waals surface area contributed by atoms with Crippen molar-refractivity contribution in [2.24, 2.45) is 0 Å². The van der Waals surface area contributed by atoms with Crippen LogP contribution in [0.5, 0.6) is 11.5 Å². The van der Waals surface area contributed by atoms with E-state index < -0.39 is 49.9 Å². The number of rotatable bonds is 17. The molecule has 4 heterocycles. The summed E-state index contributed by atoms with van der Waals surface area (Å²) < 4.78 is 54.9. The third-order valence-corrected chi connectivity index (χ3v) is 12.9. The smallest absolute Gasteiger partial charge is 0.330 e. The van der Waals surface area contributed by atoms with Crippen molar-refractivity contribution < 1.29 is 37.5 Å². The van der Waals surface area contributed by atoms with Gasteiger partial charge in [-0.1, -0.05) is 84.9 Å². The zero-order valence-corrected chi connectivity index (χ0v) is 34.2. The number of aromatic nitrogens is 2. The van der Waals surface area contributed by atoms with Crippen LogP contribution < -0.4 is 20.7 Å². The third kappa shape index (κ3) is 8.54. The standard InChI is InChI=1S/C45H47N4O10P/c1-52-35-20-16-33(17-21-35)45(32-13-7-4-8-14-32,34-18-22-36(53-2)23-19-34)56-29-38-41(59-60-49-26-9-15-37(49)40(58-60)31-11-5-3-6-12-31)42(55-30-54-28-10-25-46)43(57-38)48-27-24-39(50)47-44(48)51/h3-8,11-14,16-24,27,37-38,40-43H,9-10,15,26,28-30H2,1-2H3,(H,47,50,51)/t37-,38-,40+,41-,42-,43-,60+/m1/s1. The van der Waals surface area contributed by atoms with Crippen LogP contribution in [0.4, 0.5) is 0 Å². The van der Waals surface area contributed by atoms with Crippen LogP contribution in [0.3, 0.4) is 0 Å². The number of nitriles is 1. The van der Waals surface area contributed by atoms with Crippen molar-refractivity contribution >= 4 is 8.53 Å². The molecule has 3 saturated heterocycles. The van der Waals surface area contributed by atoms with E-state index in [4.69, 9.17) is 42.7 Å². The Kier molecular flexibility index (Phi) is 13.2.